The molecule has 9 nitrogen and oxygen atoms in total. The molecule has 0 aliphatic carbocycles. The van der Waals surface area contributed by atoms with Crippen LogP contribution in [0.2, 0.25) is 5.02 Å². The Morgan fingerprint density at radius 2 is 1.88 bits per heavy atom. The number of hydrogen-bond donors (Lipinski definition) is 1. The Hall–Kier alpha value is -3.37. The van der Waals surface area contributed by atoms with Crippen molar-refractivity contribution in [1.82, 2.24) is 5.32 Å². The highest BCUT2D eigenvalue weighted by Crippen LogP contribution is 2.37. The number of benzene rings is 2. The van der Waals surface area contributed by atoms with Crippen molar-refractivity contribution in [3.63, 3.8) is 0 Å². The van der Waals surface area contributed by atoms with Gasteiger partial charge < -0.3 is 14.2 Å². The number of barbiturate groups is 1. The van der Waals surface area contributed by atoms with Crippen molar-refractivity contribution < 1.29 is 33.4 Å². The normalized spacial score (nSPS) is 14.8. The Kier molecular flexibility index (Phi) is 7.72. The summed E-state index contributed by atoms with van der Waals surface area (Å²) in [5, 5.41) is 2.58. The van der Waals surface area contributed by atoms with E-state index in [1.54, 1.807) is 13.0 Å². The zero-order valence-corrected chi connectivity index (χ0v) is 19.9. The van der Waals surface area contributed by atoms with Gasteiger partial charge in [-0.05, 0) is 70.9 Å². The van der Waals surface area contributed by atoms with E-state index in [1.807, 2.05) is 0 Å². The van der Waals surface area contributed by atoms with Crippen molar-refractivity contribution in [2.45, 2.75) is 6.92 Å². The maximum absolute atomic E-state index is 13.0. The van der Waals surface area contributed by atoms with E-state index in [0.29, 0.717) is 15.1 Å². The Bertz CT molecular complexity index is 1150. The molecule has 2 aromatic rings. The smallest absolute Gasteiger partial charge is 0.344 e. The molecule has 1 N–H and O–H groups in total. The minimum Gasteiger partial charge on any atom is -0.493 e. The zero-order chi connectivity index (χ0) is 24.1. The van der Waals surface area contributed by atoms with Crippen LogP contribution in [-0.4, -0.2) is 44.1 Å². The number of carbonyl (C=O) groups is 4. The van der Waals surface area contributed by atoms with Gasteiger partial charge in [-0.25, -0.2) is 14.5 Å². The molecule has 1 fully saturated rings. The molecule has 2 aromatic carbocycles. The van der Waals surface area contributed by atoms with Crippen LogP contribution < -0.4 is 19.7 Å². The van der Waals surface area contributed by atoms with Crippen LogP contribution >= 0.6 is 27.5 Å². The van der Waals surface area contributed by atoms with E-state index >= 15 is 0 Å². The quantitative estimate of drug-likeness (QED) is 0.325. The van der Waals surface area contributed by atoms with Crippen LogP contribution in [0.3, 0.4) is 0 Å². The molecule has 1 aliphatic rings. The Morgan fingerprint density at radius 1 is 1.18 bits per heavy atom. The topological polar surface area (TPSA) is 111 Å². The summed E-state index contributed by atoms with van der Waals surface area (Å²) in [5.41, 5.74) is 0.395. The summed E-state index contributed by atoms with van der Waals surface area (Å²) < 4.78 is 16.0. The standard InChI is InChI=1S/C22H18BrClN2O7/c1-3-32-18(27)11-33-19-16(23)9-12(10-17(19)31-2)8-15-20(28)25-22(30)26(21(15)29)14-6-4-13(24)5-7-14/h4-10H,3,11H2,1-2H3,(H,25,28,30)/b15-8+. The Labute approximate surface area is 202 Å². The van der Waals surface area contributed by atoms with Gasteiger partial charge in [-0.1, -0.05) is 11.6 Å². The van der Waals surface area contributed by atoms with Crippen LogP contribution in [0.1, 0.15) is 12.5 Å². The number of imide groups is 2. The van der Waals surface area contributed by atoms with Gasteiger partial charge in [0.05, 0.1) is 23.9 Å². The number of nitrogens with zero attached hydrogens (tertiary/aromatic N) is 1. The summed E-state index contributed by atoms with van der Waals surface area (Å²) >= 11 is 9.21. The summed E-state index contributed by atoms with van der Waals surface area (Å²) in [6.07, 6.45) is 1.31. The molecule has 0 unspecified atom stereocenters. The summed E-state index contributed by atoms with van der Waals surface area (Å²) in [4.78, 5) is 50.1. The molecule has 1 saturated heterocycles. The number of ether oxygens (including phenoxy) is 3. The molecule has 1 heterocycles. The van der Waals surface area contributed by atoms with Crippen LogP contribution in [-0.2, 0) is 19.1 Å². The van der Waals surface area contributed by atoms with Crippen LogP contribution in [0, 0.1) is 0 Å². The van der Waals surface area contributed by atoms with E-state index in [1.165, 1.54) is 43.5 Å². The molecule has 11 heteroatoms. The van der Waals surface area contributed by atoms with Gasteiger partial charge >= 0.3 is 12.0 Å². The van der Waals surface area contributed by atoms with Crippen LogP contribution in [0.4, 0.5) is 10.5 Å². The number of anilines is 1. The second-order valence-electron chi connectivity index (χ2n) is 6.56. The molecule has 33 heavy (non-hydrogen) atoms. The number of amides is 4. The molecule has 0 saturated carbocycles. The lowest BCUT2D eigenvalue weighted by Gasteiger charge is -2.26. The van der Waals surface area contributed by atoms with Gasteiger partial charge in [0.1, 0.15) is 5.57 Å². The van der Waals surface area contributed by atoms with E-state index in [4.69, 9.17) is 25.8 Å². The third-order valence-electron chi connectivity index (χ3n) is 4.39. The molecule has 0 radical (unpaired) electrons. The predicted octanol–water partition coefficient (Wildman–Crippen LogP) is 3.72. The number of methoxy groups -OCH3 is 1. The minimum atomic E-state index is -0.869. The van der Waals surface area contributed by atoms with Gasteiger partial charge in [0.25, 0.3) is 11.8 Å². The lowest BCUT2D eigenvalue weighted by Crippen LogP contribution is -2.54. The molecule has 3 rings (SSSR count). The maximum Gasteiger partial charge on any atom is 0.344 e. The van der Waals surface area contributed by atoms with E-state index in [-0.39, 0.29) is 36.0 Å². The van der Waals surface area contributed by atoms with Crippen LogP contribution in [0.15, 0.2) is 46.4 Å². The van der Waals surface area contributed by atoms with Gasteiger partial charge in [-0.2, -0.15) is 0 Å². The molecular formula is C22H18BrClN2O7. The first-order chi connectivity index (χ1) is 15.7. The van der Waals surface area contributed by atoms with Crippen molar-refractivity contribution in [3.8, 4) is 11.5 Å². The number of rotatable bonds is 7. The second-order valence-corrected chi connectivity index (χ2v) is 7.85. The lowest BCUT2D eigenvalue weighted by molar-refractivity contribution is -0.145. The predicted molar refractivity (Wildman–Crippen MR) is 123 cm³/mol. The van der Waals surface area contributed by atoms with Gasteiger partial charge in [-0.15, -0.1) is 0 Å². The van der Waals surface area contributed by atoms with E-state index in [2.05, 4.69) is 21.2 Å². The van der Waals surface area contributed by atoms with Crippen molar-refractivity contribution >= 4 is 63.1 Å². The van der Waals surface area contributed by atoms with Crippen molar-refractivity contribution in [1.29, 1.82) is 0 Å². The number of hydrogen-bond acceptors (Lipinski definition) is 7. The highest BCUT2D eigenvalue weighted by molar-refractivity contribution is 9.10. The molecule has 4 amide bonds. The summed E-state index contributed by atoms with van der Waals surface area (Å²) in [5.74, 6) is -1.70. The molecule has 0 atom stereocenters. The fourth-order valence-corrected chi connectivity index (χ4v) is 3.65. The number of carbonyl (C=O) groups excluding carboxylic acids is 4. The minimum absolute atomic E-state index is 0.221. The Balaban J connectivity index is 1.93. The Morgan fingerprint density at radius 3 is 2.52 bits per heavy atom. The first-order valence-electron chi connectivity index (χ1n) is 9.58. The summed E-state index contributed by atoms with van der Waals surface area (Å²) in [7, 11) is 1.40. The molecule has 0 aromatic heterocycles. The largest absolute Gasteiger partial charge is 0.493 e. The van der Waals surface area contributed by atoms with Gasteiger partial charge in [0.15, 0.2) is 18.1 Å². The maximum atomic E-state index is 13.0. The number of halogens is 2. The summed E-state index contributed by atoms with van der Waals surface area (Å²) in [6, 6.07) is 8.24. The lowest BCUT2D eigenvalue weighted by atomic mass is 10.1. The van der Waals surface area contributed by atoms with Gasteiger partial charge in [0.2, 0.25) is 0 Å². The van der Waals surface area contributed by atoms with Crippen molar-refractivity contribution in [2.75, 3.05) is 25.2 Å². The number of esters is 1. The van der Waals surface area contributed by atoms with Crippen LogP contribution in [0.5, 0.6) is 11.5 Å². The zero-order valence-electron chi connectivity index (χ0n) is 17.5. The molecule has 0 spiro atoms. The average molecular weight is 538 g/mol. The van der Waals surface area contributed by atoms with Crippen molar-refractivity contribution in [3.05, 3.63) is 57.0 Å². The molecule has 1 aliphatic heterocycles. The van der Waals surface area contributed by atoms with Crippen molar-refractivity contribution in [2.24, 2.45) is 0 Å². The highest BCUT2D eigenvalue weighted by atomic mass is 79.9. The van der Waals surface area contributed by atoms with E-state index in [0.717, 1.165) is 4.90 Å². The van der Waals surface area contributed by atoms with Gasteiger partial charge in [-0.3, -0.25) is 14.9 Å². The third-order valence-corrected chi connectivity index (χ3v) is 5.23. The van der Waals surface area contributed by atoms with Gasteiger partial charge in [0, 0.05) is 5.02 Å². The monoisotopic (exact) mass is 536 g/mol. The SMILES string of the molecule is CCOC(=O)COc1c(Br)cc(/C=C2\C(=O)NC(=O)N(c3ccc(Cl)cc3)C2=O)cc1OC. The first-order valence-corrected chi connectivity index (χ1v) is 10.7. The highest BCUT2D eigenvalue weighted by Gasteiger charge is 2.36. The number of urea groups is 1. The van der Waals surface area contributed by atoms with E-state index < -0.39 is 23.8 Å². The third kappa shape index (κ3) is 5.52. The van der Waals surface area contributed by atoms with Crippen LogP contribution in [0.25, 0.3) is 6.08 Å². The number of nitrogens with one attached hydrogen (secondary N) is 1. The molecular weight excluding hydrogens is 520 g/mol. The molecule has 172 valence electrons. The first kappa shape index (κ1) is 24.3. The summed E-state index contributed by atoms with van der Waals surface area (Å²) in [6.45, 7) is 1.57. The molecule has 0 bridgehead atoms. The average Bonchev–Trinajstić information content (AvgIpc) is 2.77. The second kappa shape index (κ2) is 10.5. The van der Waals surface area contributed by atoms with E-state index in [9.17, 15) is 19.2 Å². The fraction of sp³-hybridized carbons (Fsp3) is 0.182. The fourth-order valence-electron chi connectivity index (χ4n) is 2.95.